The van der Waals surface area contributed by atoms with Crippen molar-refractivity contribution in [3.63, 3.8) is 0 Å². The molecule has 0 bridgehead atoms. The molecule has 1 heterocycles. The number of rotatable bonds is 11. The van der Waals surface area contributed by atoms with E-state index in [1.807, 2.05) is 0 Å². The van der Waals surface area contributed by atoms with Gasteiger partial charge in [0, 0.05) is 19.6 Å². The summed E-state index contributed by atoms with van der Waals surface area (Å²) in [6.07, 6.45) is 7.71. The lowest BCUT2D eigenvalue weighted by atomic mass is 10.3. The Morgan fingerprint density at radius 2 is 1.79 bits per heavy atom. The van der Waals surface area contributed by atoms with Crippen molar-refractivity contribution in [2.24, 2.45) is 0 Å². The van der Waals surface area contributed by atoms with E-state index < -0.39 is 0 Å². The number of oxazole rings is 1. The van der Waals surface area contributed by atoms with Crippen LogP contribution in [-0.4, -0.2) is 24.6 Å². The lowest BCUT2D eigenvalue weighted by molar-refractivity contribution is 0.520. The highest BCUT2D eigenvalue weighted by Gasteiger charge is 2.12. The molecule has 0 saturated carbocycles. The predicted octanol–water partition coefficient (Wildman–Crippen LogP) is 3.58. The van der Waals surface area contributed by atoms with E-state index in [1.54, 1.807) is 6.26 Å². The summed E-state index contributed by atoms with van der Waals surface area (Å²) in [7, 11) is 0. The summed E-state index contributed by atoms with van der Waals surface area (Å²) < 4.78 is 5.63. The van der Waals surface area contributed by atoms with Gasteiger partial charge in [0.15, 0.2) is 0 Å². The van der Waals surface area contributed by atoms with Crippen LogP contribution in [0.1, 0.15) is 58.6 Å². The van der Waals surface area contributed by atoms with Gasteiger partial charge >= 0.3 is 0 Å². The Bertz CT molecular complexity index is 317. The molecule has 1 N–H and O–H groups in total. The van der Waals surface area contributed by atoms with Crippen LogP contribution < -0.4 is 10.2 Å². The van der Waals surface area contributed by atoms with Crippen LogP contribution in [0, 0.1) is 0 Å². The van der Waals surface area contributed by atoms with Gasteiger partial charge in [0.25, 0.3) is 6.01 Å². The van der Waals surface area contributed by atoms with Crippen LogP contribution in [0.15, 0.2) is 10.7 Å². The highest BCUT2D eigenvalue weighted by atomic mass is 16.4. The van der Waals surface area contributed by atoms with Gasteiger partial charge in [-0.2, -0.15) is 4.98 Å². The van der Waals surface area contributed by atoms with Crippen LogP contribution in [-0.2, 0) is 6.54 Å². The first-order valence-electron chi connectivity index (χ1n) is 7.71. The molecule has 0 saturated heterocycles. The zero-order chi connectivity index (χ0) is 13.9. The molecule has 0 spiro atoms. The van der Waals surface area contributed by atoms with Gasteiger partial charge in [-0.25, -0.2) is 0 Å². The Labute approximate surface area is 117 Å². The van der Waals surface area contributed by atoms with Crippen molar-refractivity contribution in [2.75, 3.05) is 24.5 Å². The molecule has 0 radical (unpaired) electrons. The highest BCUT2D eigenvalue weighted by Crippen LogP contribution is 2.15. The average molecular weight is 267 g/mol. The predicted molar refractivity (Wildman–Crippen MR) is 80.5 cm³/mol. The summed E-state index contributed by atoms with van der Waals surface area (Å²) in [5.74, 6) is 0. The van der Waals surface area contributed by atoms with Gasteiger partial charge in [-0.15, -0.1) is 0 Å². The van der Waals surface area contributed by atoms with E-state index in [0.717, 1.165) is 44.3 Å². The van der Waals surface area contributed by atoms with Crippen LogP contribution >= 0.6 is 0 Å². The summed E-state index contributed by atoms with van der Waals surface area (Å²) in [5.41, 5.74) is 1.00. The van der Waals surface area contributed by atoms with Crippen LogP contribution in [0.5, 0.6) is 0 Å². The molecule has 0 aliphatic heterocycles. The summed E-state index contributed by atoms with van der Waals surface area (Å²) >= 11 is 0. The molecule has 0 aromatic carbocycles. The molecule has 1 rings (SSSR count). The number of anilines is 1. The number of nitrogens with zero attached hydrogens (tertiary/aromatic N) is 2. The van der Waals surface area contributed by atoms with E-state index in [0.29, 0.717) is 0 Å². The molecule has 110 valence electrons. The van der Waals surface area contributed by atoms with Crippen molar-refractivity contribution in [3.8, 4) is 0 Å². The Morgan fingerprint density at radius 3 is 2.37 bits per heavy atom. The fourth-order valence-electron chi connectivity index (χ4n) is 1.92. The van der Waals surface area contributed by atoms with Crippen LogP contribution in [0.3, 0.4) is 0 Å². The van der Waals surface area contributed by atoms with E-state index in [-0.39, 0.29) is 0 Å². The molecular weight excluding hydrogens is 238 g/mol. The third kappa shape index (κ3) is 6.10. The number of unbranched alkanes of at least 4 members (excludes halogenated alkanes) is 2. The first-order valence-corrected chi connectivity index (χ1v) is 7.71. The van der Waals surface area contributed by atoms with Crippen LogP contribution in [0.25, 0.3) is 0 Å². The van der Waals surface area contributed by atoms with Crippen molar-refractivity contribution in [2.45, 2.75) is 59.4 Å². The van der Waals surface area contributed by atoms with E-state index in [4.69, 9.17) is 4.42 Å². The number of hydrogen-bond acceptors (Lipinski definition) is 4. The van der Waals surface area contributed by atoms with Gasteiger partial charge in [-0.05, 0) is 25.8 Å². The van der Waals surface area contributed by atoms with Gasteiger partial charge in [0.05, 0.1) is 5.69 Å². The normalized spacial score (nSPS) is 10.9. The molecule has 4 nitrogen and oxygen atoms in total. The molecule has 1 aromatic rings. The lowest BCUT2D eigenvalue weighted by Gasteiger charge is -2.19. The quantitative estimate of drug-likeness (QED) is 0.622. The average Bonchev–Trinajstić information content (AvgIpc) is 2.88. The van der Waals surface area contributed by atoms with E-state index in [9.17, 15) is 0 Å². The maximum Gasteiger partial charge on any atom is 0.297 e. The maximum atomic E-state index is 5.63. The topological polar surface area (TPSA) is 41.3 Å². The molecule has 0 unspecified atom stereocenters. The first kappa shape index (κ1) is 16.0. The van der Waals surface area contributed by atoms with E-state index in [1.165, 1.54) is 25.7 Å². The summed E-state index contributed by atoms with van der Waals surface area (Å²) in [6.45, 7) is 10.5. The molecule has 4 heteroatoms. The zero-order valence-electron chi connectivity index (χ0n) is 12.7. The number of aromatic nitrogens is 1. The third-order valence-electron chi connectivity index (χ3n) is 3.11. The van der Waals surface area contributed by atoms with E-state index >= 15 is 0 Å². The Morgan fingerprint density at radius 1 is 1.11 bits per heavy atom. The fourth-order valence-corrected chi connectivity index (χ4v) is 1.92. The van der Waals surface area contributed by atoms with Crippen LogP contribution in [0.4, 0.5) is 6.01 Å². The van der Waals surface area contributed by atoms with Crippen molar-refractivity contribution in [1.29, 1.82) is 0 Å². The molecule has 0 aliphatic rings. The van der Waals surface area contributed by atoms with Crippen molar-refractivity contribution < 1.29 is 4.42 Å². The van der Waals surface area contributed by atoms with Gasteiger partial charge in [-0.3, -0.25) is 0 Å². The van der Waals surface area contributed by atoms with Crippen molar-refractivity contribution >= 4 is 6.01 Å². The second kappa shape index (κ2) is 9.84. The minimum atomic E-state index is 0.787. The number of hydrogen-bond donors (Lipinski definition) is 1. The molecule has 1 aromatic heterocycles. The Kier molecular flexibility index (Phi) is 8.30. The van der Waals surface area contributed by atoms with Crippen molar-refractivity contribution in [3.05, 3.63) is 12.0 Å². The second-order valence-corrected chi connectivity index (χ2v) is 4.99. The summed E-state index contributed by atoms with van der Waals surface area (Å²) in [6, 6.07) is 0.787. The lowest BCUT2D eigenvalue weighted by Crippen LogP contribution is -2.26. The zero-order valence-corrected chi connectivity index (χ0v) is 12.7. The van der Waals surface area contributed by atoms with Crippen molar-refractivity contribution in [1.82, 2.24) is 10.3 Å². The number of nitrogens with one attached hydrogen (secondary N) is 1. The van der Waals surface area contributed by atoms with Gasteiger partial charge in [-0.1, -0.05) is 33.6 Å². The molecule has 0 atom stereocenters. The smallest absolute Gasteiger partial charge is 0.297 e. The Balaban J connectivity index is 2.51. The molecule has 0 aliphatic carbocycles. The summed E-state index contributed by atoms with van der Waals surface area (Å²) in [4.78, 5) is 6.86. The SMILES string of the molecule is CCCCN(CCCC)c1nc(CNCCC)co1. The molecule has 0 fully saturated rings. The molecule has 19 heavy (non-hydrogen) atoms. The van der Waals surface area contributed by atoms with Gasteiger partial charge < -0.3 is 14.6 Å². The fraction of sp³-hybridized carbons (Fsp3) is 0.800. The highest BCUT2D eigenvalue weighted by molar-refractivity contribution is 5.26. The Hall–Kier alpha value is -1.03. The van der Waals surface area contributed by atoms with Gasteiger partial charge in [0.1, 0.15) is 6.26 Å². The standard InChI is InChI=1S/C15H29N3O/c1-4-7-10-18(11-8-5-2)15-17-14(13-19-15)12-16-9-6-3/h13,16H,4-12H2,1-3H3. The minimum absolute atomic E-state index is 0.787. The third-order valence-corrected chi connectivity index (χ3v) is 3.11. The summed E-state index contributed by atoms with van der Waals surface area (Å²) in [5, 5.41) is 3.35. The van der Waals surface area contributed by atoms with Gasteiger partial charge in [0.2, 0.25) is 0 Å². The second-order valence-electron chi connectivity index (χ2n) is 4.99. The minimum Gasteiger partial charge on any atom is -0.432 e. The molecular formula is C15H29N3O. The maximum absolute atomic E-state index is 5.63. The van der Waals surface area contributed by atoms with E-state index in [2.05, 4.69) is 36.0 Å². The first-order chi connectivity index (χ1) is 9.31. The van der Waals surface area contributed by atoms with Crippen LogP contribution in [0.2, 0.25) is 0 Å². The monoisotopic (exact) mass is 267 g/mol. The largest absolute Gasteiger partial charge is 0.432 e. The molecule has 0 amide bonds.